The lowest BCUT2D eigenvalue weighted by Crippen LogP contribution is -2.35. The standard InChI is InChI=1S/C19H27N3O2/c1-14(2)18(23)22-11-8-15-16(6-4-7-17(15)22)19(24)21-10-5-9-20(3)12-13-21/h4,6-7,14H,5,8-13H2,1-3H3. The molecule has 0 saturated carbocycles. The Balaban J connectivity index is 1.85. The molecule has 130 valence electrons. The fourth-order valence-electron chi connectivity index (χ4n) is 3.60. The molecule has 2 heterocycles. The van der Waals surface area contributed by atoms with Crippen molar-refractivity contribution in [3.63, 3.8) is 0 Å². The van der Waals surface area contributed by atoms with Crippen LogP contribution in [0.2, 0.25) is 0 Å². The van der Waals surface area contributed by atoms with Crippen LogP contribution >= 0.6 is 0 Å². The number of amides is 2. The zero-order chi connectivity index (χ0) is 17.3. The van der Waals surface area contributed by atoms with Gasteiger partial charge in [0, 0.05) is 43.3 Å². The number of benzene rings is 1. The number of rotatable bonds is 2. The Morgan fingerprint density at radius 1 is 1.04 bits per heavy atom. The zero-order valence-corrected chi connectivity index (χ0v) is 14.9. The van der Waals surface area contributed by atoms with Crippen LogP contribution in [-0.4, -0.2) is 61.4 Å². The molecular formula is C19H27N3O2. The fourth-order valence-corrected chi connectivity index (χ4v) is 3.60. The first-order valence-electron chi connectivity index (χ1n) is 8.90. The van der Waals surface area contributed by atoms with Crippen LogP contribution in [0.15, 0.2) is 18.2 Å². The topological polar surface area (TPSA) is 43.9 Å². The van der Waals surface area contributed by atoms with Crippen LogP contribution in [0.5, 0.6) is 0 Å². The minimum atomic E-state index is -0.0311. The minimum Gasteiger partial charge on any atom is -0.337 e. The number of anilines is 1. The van der Waals surface area contributed by atoms with E-state index in [0.717, 1.165) is 55.8 Å². The highest BCUT2D eigenvalue weighted by atomic mass is 16.2. The van der Waals surface area contributed by atoms with Crippen LogP contribution in [0.1, 0.15) is 36.2 Å². The summed E-state index contributed by atoms with van der Waals surface area (Å²) in [5, 5.41) is 0. The van der Waals surface area contributed by atoms with Crippen LogP contribution in [0, 0.1) is 5.92 Å². The Bertz CT molecular complexity index is 641. The van der Waals surface area contributed by atoms with E-state index in [9.17, 15) is 9.59 Å². The fraction of sp³-hybridized carbons (Fsp3) is 0.579. The number of hydrogen-bond acceptors (Lipinski definition) is 3. The maximum atomic E-state index is 13.0. The van der Waals surface area contributed by atoms with Crippen molar-refractivity contribution in [3.8, 4) is 0 Å². The number of carbonyl (C=O) groups excluding carboxylic acids is 2. The first kappa shape index (κ1) is 17.0. The lowest BCUT2D eigenvalue weighted by atomic mass is 10.0. The van der Waals surface area contributed by atoms with Gasteiger partial charge in [-0.15, -0.1) is 0 Å². The van der Waals surface area contributed by atoms with E-state index in [4.69, 9.17) is 0 Å². The van der Waals surface area contributed by atoms with Crippen LogP contribution < -0.4 is 4.90 Å². The Labute approximate surface area is 144 Å². The Hall–Kier alpha value is -1.88. The Morgan fingerprint density at radius 3 is 2.58 bits per heavy atom. The quantitative estimate of drug-likeness (QED) is 0.834. The van der Waals surface area contributed by atoms with Gasteiger partial charge in [-0.3, -0.25) is 9.59 Å². The second-order valence-electron chi connectivity index (χ2n) is 7.15. The second-order valence-corrected chi connectivity index (χ2v) is 7.15. The number of likely N-dealkylation sites (N-methyl/N-ethyl adjacent to an activating group) is 1. The van der Waals surface area contributed by atoms with Crippen LogP contribution in [0.3, 0.4) is 0 Å². The molecule has 1 aromatic carbocycles. The molecule has 0 N–H and O–H groups in total. The van der Waals surface area contributed by atoms with Crippen molar-refractivity contribution in [1.29, 1.82) is 0 Å². The van der Waals surface area contributed by atoms with Gasteiger partial charge in [-0.1, -0.05) is 19.9 Å². The minimum absolute atomic E-state index is 0.0311. The molecule has 0 radical (unpaired) electrons. The van der Waals surface area contributed by atoms with Gasteiger partial charge in [0.05, 0.1) is 0 Å². The molecule has 2 amide bonds. The third-order valence-corrected chi connectivity index (χ3v) is 5.02. The molecule has 0 aromatic heterocycles. The van der Waals surface area contributed by atoms with Gasteiger partial charge >= 0.3 is 0 Å². The summed E-state index contributed by atoms with van der Waals surface area (Å²) in [5.41, 5.74) is 2.73. The van der Waals surface area contributed by atoms with Crippen molar-refractivity contribution in [1.82, 2.24) is 9.80 Å². The molecule has 0 spiro atoms. The summed E-state index contributed by atoms with van der Waals surface area (Å²) in [7, 11) is 2.10. The Morgan fingerprint density at radius 2 is 1.83 bits per heavy atom. The third-order valence-electron chi connectivity index (χ3n) is 5.02. The molecule has 24 heavy (non-hydrogen) atoms. The van der Waals surface area contributed by atoms with E-state index in [1.807, 2.05) is 41.8 Å². The number of fused-ring (bicyclic) bond motifs is 1. The first-order valence-corrected chi connectivity index (χ1v) is 8.90. The number of nitrogens with zero attached hydrogens (tertiary/aromatic N) is 3. The predicted molar refractivity (Wildman–Crippen MR) is 95.4 cm³/mol. The van der Waals surface area contributed by atoms with Crippen molar-refractivity contribution in [3.05, 3.63) is 29.3 Å². The highest BCUT2D eigenvalue weighted by Crippen LogP contribution is 2.32. The molecule has 0 aliphatic carbocycles. The molecule has 0 bridgehead atoms. The molecule has 2 aliphatic heterocycles. The van der Waals surface area contributed by atoms with Gasteiger partial charge in [-0.05, 0) is 44.1 Å². The summed E-state index contributed by atoms with van der Waals surface area (Å²) in [6, 6.07) is 5.79. The van der Waals surface area contributed by atoms with E-state index in [1.54, 1.807) is 0 Å². The van der Waals surface area contributed by atoms with Gasteiger partial charge in [0.25, 0.3) is 5.91 Å². The van der Waals surface area contributed by atoms with Gasteiger partial charge in [0.2, 0.25) is 5.91 Å². The third kappa shape index (κ3) is 3.18. The SMILES string of the molecule is CC(C)C(=O)N1CCc2c(C(=O)N3CCCN(C)CC3)cccc21. The number of carbonyl (C=O) groups is 2. The summed E-state index contributed by atoms with van der Waals surface area (Å²) in [4.78, 5) is 31.5. The molecule has 5 nitrogen and oxygen atoms in total. The largest absolute Gasteiger partial charge is 0.337 e. The molecule has 1 fully saturated rings. The summed E-state index contributed by atoms with van der Waals surface area (Å²) in [6.07, 6.45) is 1.78. The maximum absolute atomic E-state index is 13.0. The smallest absolute Gasteiger partial charge is 0.254 e. The van der Waals surface area contributed by atoms with Gasteiger partial charge in [-0.25, -0.2) is 0 Å². The van der Waals surface area contributed by atoms with E-state index in [-0.39, 0.29) is 17.7 Å². The van der Waals surface area contributed by atoms with E-state index in [0.29, 0.717) is 6.54 Å². The monoisotopic (exact) mass is 329 g/mol. The van der Waals surface area contributed by atoms with Gasteiger partial charge in [0.15, 0.2) is 0 Å². The van der Waals surface area contributed by atoms with Gasteiger partial charge in [-0.2, -0.15) is 0 Å². The summed E-state index contributed by atoms with van der Waals surface area (Å²) in [6.45, 7) is 8.05. The maximum Gasteiger partial charge on any atom is 0.254 e. The summed E-state index contributed by atoms with van der Waals surface area (Å²) in [5.74, 6) is 0.215. The van der Waals surface area contributed by atoms with Crippen LogP contribution in [0.25, 0.3) is 0 Å². The first-order chi connectivity index (χ1) is 11.5. The van der Waals surface area contributed by atoms with Crippen molar-refractivity contribution >= 4 is 17.5 Å². The van der Waals surface area contributed by atoms with Crippen LogP contribution in [-0.2, 0) is 11.2 Å². The normalized spacial score (nSPS) is 18.7. The average Bonchev–Trinajstić information content (AvgIpc) is 2.88. The van der Waals surface area contributed by atoms with Crippen molar-refractivity contribution in [2.45, 2.75) is 26.7 Å². The molecule has 3 rings (SSSR count). The highest BCUT2D eigenvalue weighted by Gasteiger charge is 2.30. The average molecular weight is 329 g/mol. The summed E-state index contributed by atoms with van der Waals surface area (Å²) >= 11 is 0. The van der Waals surface area contributed by atoms with E-state index in [1.165, 1.54) is 0 Å². The predicted octanol–water partition coefficient (Wildman–Crippen LogP) is 2.01. The van der Waals surface area contributed by atoms with Crippen molar-refractivity contribution in [2.75, 3.05) is 44.7 Å². The zero-order valence-electron chi connectivity index (χ0n) is 14.9. The molecule has 1 aromatic rings. The lowest BCUT2D eigenvalue weighted by Gasteiger charge is -2.23. The molecule has 0 atom stereocenters. The van der Waals surface area contributed by atoms with Gasteiger partial charge < -0.3 is 14.7 Å². The van der Waals surface area contributed by atoms with Crippen molar-refractivity contribution < 1.29 is 9.59 Å². The van der Waals surface area contributed by atoms with Gasteiger partial charge in [0.1, 0.15) is 0 Å². The molecular weight excluding hydrogens is 302 g/mol. The number of hydrogen-bond donors (Lipinski definition) is 0. The van der Waals surface area contributed by atoms with Crippen molar-refractivity contribution in [2.24, 2.45) is 5.92 Å². The molecule has 0 unspecified atom stereocenters. The Kier molecular flexibility index (Phi) is 4.90. The molecule has 1 saturated heterocycles. The summed E-state index contributed by atoms with van der Waals surface area (Å²) < 4.78 is 0. The molecule has 5 heteroatoms. The van der Waals surface area contributed by atoms with E-state index < -0.39 is 0 Å². The second kappa shape index (κ2) is 6.93. The lowest BCUT2D eigenvalue weighted by molar-refractivity contribution is -0.121. The van der Waals surface area contributed by atoms with E-state index in [2.05, 4.69) is 11.9 Å². The molecule has 2 aliphatic rings. The van der Waals surface area contributed by atoms with E-state index >= 15 is 0 Å². The highest BCUT2D eigenvalue weighted by molar-refractivity contribution is 6.02. The van der Waals surface area contributed by atoms with Crippen LogP contribution in [0.4, 0.5) is 5.69 Å².